The van der Waals surface area contributed by atoms with Crippen molar-refractivity contribution in [1.29, 1.82) is 0 Å². The number of anilines is 1. The SMILES string of the molecule is [2H]c1cc(S(=O)(=O)CC)cc(C2(N)N=C(Nc3ccc4c(C)n[nH]c4c3)C=CN2)c1OC. The van der Waals surface area contributed by atoms with Crippen LogP contribution in [0, 0.1) is 6.92 Å². The molecule has 1 aliphatic heterocycles. The largest absolute Gasteiger partial charge is 0.496 e. The minimum atomic E-state index is -3.56. The summed E-state index contributed by atoms with van der Waals surface area (Å²) < 4.78 is 38.5. The lowest BCUT2D eigenvalue weighted by atomic mass is 10.1. The second-order valence-electron chi connectivity index (χ2n) is 7.12. The van der Waals surface area contributed by atoms with Crippen molar-refractivity contribution in [2.75, 3.05) is 18.2 Å². The standard InChI is InChI=1S/C21H24N6O3S/c1-4-31(28,29)15-6-8-19(30-3)17(12-15)21(22)23-10-9-20(25-21)24-14-5-7-16-13(2)26-27-18(16)11-14/h5-12,23H,4,22H2,1-3H3,(H,24,25)(H,26,27)/i8D. The Labute approximate surface area is 181 Å². The molecule has 5 N–H and O–H groups in total. The molecule has 9 nitrogen and oxygen atoms in total. The zero-order chi connectivity index (χ0) is 23.1. The molecule has 3 aromatic rings. The van der Waals surface area contributed by atoms with Crippen molar-refractivity contribution in [3.8, 4) is 5.75 Å². The zero-order valence-electron chi connectivity index (χ0n) is 18.4. The molecule has 0 spiro atoms. The van der Waals surface area contributed by atoms with Gasteiger partial charge in [-0.2, -0.15) is 5.10 Å². The fourth-order valence-electron chi connectivity index (χ4n) is 3.36. The number of methoxy groups -OCH3 is 1. The maximum Gasteiger partial charge on any atom is 0.214 e. The molecule has 0 fully saturated rings. The molecule has 1 unspecified atom stereocenters. The monoisotopic (exact) mass is 441 g/mol. The molecule has 2 aromatic carbocycles. The van der Waals surface area contributed by atoms with Crippen molar-refractivity contribution < 1.29 is 14.5 Å². The van der Waals surface area contributed by atoms with Gasteiger partial charge in [-0.15, -0.1) is 0 Å². The van der Waals surface area contributed by atoms with Gasteiger partial charge in [-0.05, 0) is 49.4 Å². The van der Waals surface area contributed by atoms with E-state index in [1.165, 1.54) is 19.2 Å². The molecule has 0 radical (unpaired) electrons. The van der Waals surface area contributed by atoms with Crippen LogP contribution in [0.25, 0.3) is 10.9 Å². The number of nitrogens with one attached hydrogen (secondary N) is 3. The Morgan fingerprint density at radius 1 is 1.32 bits per heavy atom. The first-order chi connectivity index (χ1) is 15.2. The summed E-state index contributed by atoms with van der Waals surface area (Å²) >= 11 is 0. The quantitative estimate of drug-likeness (QED) is 0.477. The van der Waals surface area contributed by atoms with Gasteiger partial charge in [0.2, 0.25) is 5.79 Å². The van der Waals surface area contributed by atoms with Crippen LogP contribution in [0.2, 0.25) is 0 Å². The van der Waals surface area contributed by atoms with E-state index < -0.39 is 15.6 Å². The number of nitrogens with zero attached hydrogens (tertiary/aromatic N) is 2. The number of ether oxygens (including phenoxy) is 1. The molecule has 162 valence electrons. The second-order valence-corrected chi connectivity index (χ2v) is 9.40. The number of nitrogens with two attached hydrogens (primary N) is 1. The smallest absolute Gasteiger partial charge is 0.214 e. The Hall–Kier alpha value is -3.37. The van der Waals surface area contributed by atoms with Gasteiger partial charge < -0.3 is 15.4 Å². The van der Waals surface area contributed by atoms with Crippen LogP contribution < -0.4 is 21.1 Å². The molecule has 0 saturated heterocycles. The number of benzene rings is 2. The van der Waals surface area contributed by atoms with E-state index in [4.69, 9.17) is 11.8 Å². The fourth-order valence-corrected chi connectivity index (χ4v) is 4.23. The average molecular weight is 442 g/mol. The predicted molar refractivity (Wildman–Crippen MR) is 121 cm³/mol. The second kappa shape index (κ2) is 7.71. The lowest BCUT2D eigenvalue weighted by Crippen LogP contribution is -2.49. The van der Waals surface area contributed by atoms with E-state index in [0.717, 1.165) is 22.3 Å². The molecule has 4 rings (SSSR count). The van der Waals surface area contributed by atoms with Crippen LogP contribution in [-0.2, 0) is 15.6 Å². The van der Waals surface area contributed by atoms with E-state index in [9.17, 15) is 8.42 Å². The molecular formula is C21H24N6O3S. The third-order valence-electron chi connectivity index (χ3n) is 5.10. The highest BCUT2D eigenvalue weighted by molar-refractivity contribution is 7.91. The Bertz CT molecular complexity index is 1370. The van der Waals surface area contributed by atoms with Crippen LogP contribution in [0.4, 0.5) is 5.69 Å². The van der Waals surface area contributed by atoms with Gasteiger partial charge in [-0.25, -0.2) is 13.4 Å². The van der Waals surface area contributed by atoms with Gasteiger partial charge in [0.1, 0.15) is 11.6 Å². The summed E-state index contributed by atoms with van der Waals surface area (Å²) in [5.41, 5.74) is 9.35. The van der Waals surface area contributed by atoms with Crippen molar-refractivity contribution in [3.05, 3.63) is 59.9 Å². The van der Waals surface area contributed by atoms with Gasteiger partial charge in [0, 0.05) is 17.3 Å². The minimum absolute atomic E-state index is 0.00764. The molecule has 1 aliphatic rings. The van der Waals surface area contributed by atoms with Crippen LogP contribution in [-0.4, -0.2) is 37.3 Å². The summed E-state index contributed by atoms with van der Waals surface area (Å²) in [5, 5.41) is 14.4. The maximum absolute atomic E-state index is 12.5. The van der Waals surface area contributed by atoms with Gasteiger partial charge in [0.25, 0.3) is 0 Å². The average Bonchev–Trinajstić information content (AvgIpc) is 3.13. The lowest BCUT2D eigenvalue weighted by molar-refractivity contribution is 0.359. The van der Waals surface area contributed by atoms with E-state index in [1.54, 1.807) is 19.2 Å². The number of aliphatic imine (C=N–C) groups is 1. The van der Waals surface area contributed by atoms with Crippen LogP contribution in [0.1, 0.15) is 19.6 Å². The molecule has 1 atom stereocenters. The zero-order valence-corrected chi connectivity index (χ0v) is 18.2. The van der Waals surface area contributed by atoms with Crippen molar-refractivity contribution in [2.24, 2.45) is 10.7 Å². The predicted octanol–water partition coefficient (Wildman–Crippen LogP) is 2.37. The molecule has 0 bridgehead atoms. The summed E-state index contributed by atoms with van der Waals surface area (Å²) in [6.07, 6.45) is 3.31. The van der Waals surface area contributed by atoms with Gasteiger partial charge in [-0.3, -0.25) is 10.8 Å². The topological polar surface area (TPSA) is 134 Å². The molecule has 0 aliphatic carbocycles. The molecule has 0 amide bonds. The van der Waals surface area contributed by atoms with Crippen molar-refractivity contribution in [3.63, 3.8) is 0 Å². The molecule has 10 heteroatoms. The minimum Gasteiger partial charge on any atom is -0.496 e. The van der Waals surface area contributed by atoms with Gasteiger partial charge in [0.05, 0.1) is 35.9 Å². The fraction of sp³-hybridized carbons (Fsp3) is 0.238. The van der Waals surface area contributed by atoms with Gasteiger partial charge >= 0.3 is 0 Å². The number of sulfone groups is 1. The summed E-state index contributed by atoms with van der Waals surface area (Å²) in [6.45, 7) is 3.47. The van der Waals surface area contributed by atoms with E-state index in [1.807, 2.05) is 25.1 Å². The van der Waals surface area contributed by atoms with E-state index in [0.29, 0.717) is 5.84 Å². The number of amidine groups is 1. The first kappa shape index (κ1) is 19.6. The number of aryl methyl sites for hydroxylation is 1. The van der Waals surface area contributed by atoms with E-state index in [2.05, 4.69) is 25.8 Å². The molecular weight excluding hydrogens is 416 g/mol. The lowest BCUT2D eigenvalue weighted by Gasteiger charge is -2.31. The molecule has 0 saturated carbocycles. The Balaban J connectivity index is 1.75. The van der Waals surface area contributed by atoms with Crippen LogP contribution in [0.5, 0.6) is 5.75 Å². The van der Waals surface area contributed by atoms with Crippen molar-refractivity contribution in [1.82, 2.24) is 15.5 Å². The number of aromatic nitrogens is 2. The van der Waals surface area contributed by atoms with Crippen LogP contribution in [0.15, 0.2) is 58.5 Å². The summed E-state index contributed by atoms with van der Waals surface area (Å²) in [5.74, 6) is -1.07. The Morgan fingerprint density at radius 2 is 2.13 bits per heavy atom. The number of hydrogen-bond donors (Lipinski definition) is 4. The molecule has 31 heavy (non-hydrogen) atoms. The van der Waals surface area contributed by atoms with Crippen molar-refractivity contribution >= 4 is 32.3 Å². The third kappa shape index (κ3) is 3.87. The normalized spacial score (nSPS) is 19.0. The summed E-state index contributed by atoms with van der Waals surface area (Å²) in [6, 6.07) is 8.33. The van der Waals surface area contributed by atoms with Crippen molar-refractivity contribution in [2.45, 2.75) is 24.5 Å². The number of rotatable bonds is 5. The number of fused-ring (bicyclic) bond motifs is 1. The van der Waals surface area contributed by atoms with Gasteiger partial charge in [-0.1, -0.05) is 6.92 Å². The maximum atomic E-state index is 12.5. The first-order valence-corrected chi connectivity index (χ1v) is 11.3. The van der Waals surface area contributed by atoms with Crippen LogP contribution in [0.3, 0.4) is 0 Å². The van der Waals surface area contributed by atoms with E-state index in [-0.39, 0.29) is 28.0 Å². The number of aromatic amines is 1. The molecule has 2 heterocycles. The highest BCUT2D eigenvalue weighted by atomic mass is 32.2. The Kier molecular flexibility index (Phi) is 4.87. The van der Waals surface area contributed by atoms with Crippen LogP contribution >= 0.6 is 0 Å². The third-order valence-corrected chi connectivity index (χ3v) is 6.81. The van der Waals surface area contributed by atoms with E-state index >= 15 is 0 Å². The molecule has 1 aromatic heterocycles. The highest BCUT2D eigenvalue weighted by Crippen LogP contribution is 2.32. The number of hydrogen-bond acceptors (Lipinski definition) is 8. The highest BCUT2D eigenvalue weighted by Gasteiger charge is 2.32. The summed E-state index contributed by atoms with van der Waals surface area (Å²) in [7, 11) is -2.16. The Morgan fingerprint density at radius 3 is 2.87 bits per heavy atom. The summed E-state index contributed by atoms with van der Waals surface area (Å²) in [4.78, 5) is 4.56. The van der Waals surface area contributed by atoms with Gasteiger partial charge in [0.15, 0.2) is 9.84 Å². The number of H-pyrrole nitrogens is 1. The first-order valence-electron chi connectivity index (χ1n) is 10.1.